The van der Waals surface area contributed by atoms with E-state index in [2.05, 4.69) is 5.10 Å². The van der Waals surface area contributed by atoms with Crippen LogP contribution in [0.1, 0.15) is 22.8 Å². The molecular weight excluding hydrogens is 248 g/mol. The molecule has 2 rings (SSSR count). The molecule has 2 aromatic rings. The molecule has 92 valence electrons. The Morgan fingerprint density at radius 1 is 1.39 bits per heavy atom. The second-order valence-corrected chi connectivity index (χ2v) is 4.27. The van der Waals surface area contributed by atoms with E-state index in [9.17, 15) is 4.79 Å². The first kappa shape index (κ1) is 12.6. The molecule has 1 aromatic heterocycles. The molecule has 0 bridgehead atoms. The maximum atomic E-state index is 11.8. The third-order valence-electron chi connectivity index (χ3n) is 2.53. The Morgan fingerprint density at radius 2 is 2.11 bits per heavy atom. The Labute approximate surface area is 111 Å². The van der Waals surface area contributed by atoms with Gasteiger partial charge in [0.25, 0.3) is 0 Å². The summed E-state index contributed by atoms with van der Waals surface area (Å²) in [4.78, 5) is 11.8. The second kappa shape index (κ2) is 5.65. The number of hydrogen-bond acceptors (Lipinski definition) is 2. The number of nitrogens with zero attached hydrogens (tertiary/aromatic N) is 2. The van der Waals surface area contributed by atoms with Gasteiger partial charge in [-0.15, -0.1) is 0 Å². The van der Waals surface area contributed by atoms with E-state index in [1.807, 2.05) is 17.8 Å². The molecule has 0 fully saturated rings. The smallest absolute Gasteiger partial charge is 0.185 e. The number of ketones is 1. The van der Waals surface area contributed by atoms with Crippen LogP contribution in [0.3, 0.4) is 0 Å². The summed E-state index contributed by atoms with van der Waals surface area (Å²) in [6.45, 7) is 2.83. The van der Waals surface area contributed by atoms with Crippen molar-refractivity contribution < 1.29 is 4.79 Å². The average molecular weight is 261 g/mol. The summed E-state index contributed by atoms with van der Waals surface area (Å²) in [5.41, 5.74) is 1.54. The summed E-state index contributed by atoms with van der Waals surface area (Å²) in [5.74, 6) is -0.0454. The standard InChI is InChI=1S/C14H13ClN2O/c1-2-17-10-11(9-16-17)3-8-14(18)12-4-6-13(15)7-5-12/h3-10H,2H2,1H3. The quantitative estimate of drug-likeness (QED) is 0.623. The molecule has 0 aliphatic heterocycles. The van der Waals surface area contributed by atoms with E-state index in [1.165, 1.54) is 0 Å². The number of carbonyl (C=O) groups excluding carboxylic acids is 1. The molecule has 0 saturated heterocycles. The van der Waals surface area contributed by atoms with Crippen LogP contribution in [0.5, 0.6) is 0 Å². The maximum Gasteiger partial charge on any atom is 0.185 e. The first-order valence-corrected chi connectivity index (χ1v) is 6.07. The fraction of sp³-hybridized carbons (Fsp3) is 0.143. The van der Waals surface area contributed by atoms with Crippen LogP contribution in [0, 0.1) is 0 Å². The fourth-order valence-corrected chi connectivity index (χ4v) is 1.65. The molecule has 3 nitrogen and oxygen atoms in total. The SMILES string of the molecule is CCn1cc(C=CC(=O)c2ccc(Cl)cc2)cn1. The molecule has 0 atom stereocenters. The summed E-state index contributed by atoms with van der Waals surface area (Å²) in [5, 5.41) is 4.76. The number of aryl methyl sites for hydroxylation is 1. The van der Waals surface area contributed by atoms with Crippen molar-refractivity contribution in [3.05, 3.63) is 58.9 Å². The monoisotopic (exact) mass is 260 g/mol. The molecule has 0 radical (unpaired) electrons. The molecule has 18 heavy (non-hydrogen) atoms. The fourth-order valence-electron chi connectivity index (χ4n) is 1.52. The number of hydrogen-bond donors (Lipinski definition) is 0. The average Bonchev–Trinajstić information content (AvgIpc) is 2.85. The van der Waals surface area contributed by atoms with Crippen LogP contribution in [0.2, 0.25) is 5.02 Å². The molecular formula is C14H13ClN2O. The molecule has 0 spiro atoms. The number of benzene rings is 1. The van der Waals surface area contributed by atoms with E-state index in [-0.39, 0.29) is 5.78 Å². The third-order valence-corrected chi connectivity index (χ3v) is 2.79. The Hall–Kier alpha value is -1.87. The van der Waals surface area contributed by atoms with Gasteiger partial charge in [-0.3, -0.25) is 9.48 Å². The Balaban J connectivity index is 2.09. The van der Waals surface area contributed by atoms with Gasteiger partial charge in [-0.25, -0.2) is 0 Å². The van der Waals surface area contributed by atoms with Crippen molar-refractivity contribution in [2.75, 3.05) is 0 Å². The van der Waals surface area contributed by atoms with Gasteiger partial charge in [-0.05, 0) is 43.3 Å². The molecule has 1 aromatic carbocycles. The number of rotatable bonds is 4. The van der Waals surface area contributed by atoms with Crippen LogP contribution in [-0.2, 0) is 6.54 Å². The lowest BCUT2D eigenvalue weighted by atomic mass is 10.1. The lowest BCUT2D eigenvalue weighted by Gasteiger charge is -1.95. The third kappa shape index (κ3) is 3.08. The van der Waals surface area contributed by atoms with Crippen molar-refractivity contribution in [1.82, 2.24) is 9.78 Å². The lowest BCUT2D eigenvalue weighted by molar-refractivity contribution is 0.104. The van der Waals surface area contributed by atoms with Crippen molar-refractivity contribution >= 4 is 23.5 Å². The predicted octanol–water partition coefficient (Wildman–Crippen LogP) is 3.45. The Morgan fingerprint density at radius 3 is 2.72 bits per heavy atom. The van der Waals surface area contributed by atoms with E-state index >= 15 is 0 Å². The van der Waals surface area contributed by atoms with E-state index in [1.54, 1.807) is 42.6 Å². The predicted molar refractivity (Wildman–Crippen MR) is 72.7 cm³/mol. The minimum absolute atomic E-state index is 0.0454. The highest BCUT2D eigenvalue weighted by Gasteiger charge is 2.01. The van der Waals surface area contributed by atoms with Gasteiger partial charge in [0.1, 0.15) is 0 Å². The van der Waals surface area contributed by atoms with Gasteiger partial charge in [0.15, 0.2) is 5.78 Å². The van der Waals surface area contributed by atoms with Crippen LogP contribution in [-0.4, -0.2) is 15.6 Å². The Bertz CT molecular complexity index is 570. The highest BCUT2D eigenvalue weighted by molar-refractivity contribution is 6.30. The molecule has 0 saturated carbocycles. The van der Waals surface area contributed by atoms with E-state index in [0.29, 0.717) is 10.6 Å². The van der Waals surface area contributed by atoms with Crippen molar-refractivity contribution in [2.45, 2.75) is 13.5 Å². The van der Waals surface area contributed by atoms with E-state index in [0.717, 1.165) is 12.1 Å². The van der Waals surface area contributed by atoms with Gasteiger partial charge in [0.05, 0.1) is 6.20 Å². The summed E-state index contributed by atoms with van der Waals surface area (Å²) in [6, 6.07) is 6.84. The normalized spacial score (nSPS) is 11.0. The molecule has 0 aliphatic carbocycles. The first-order valence-electron chi connectivity index (χ1n) is 5.69. The minimum atomic E-state index is -0.0454. The molecule has 0 unspecified atom stereocenters. The first-order chi connectivity index (χ1) is 8.69. The Kier molecular flexibility index (Phi) is 3.95. The van der Waals surface area contributed by atoms with Gasteiger partial charge in [-0.1, -0.05) is 11.6 Å². The highest BCUT2D eigenvalue weighted by atomic mass is 35.5. The number of allylic oxidation sites excluding steroid dienone is 1. The van der Waals surface area contributed by atoms with Gasteiger partial charge < -0.3 is 0 Å². The van der Waals surface area contributed by atoms with E-state index < -0.39 is 0 Å². The maximum absolute atomic E-state index is 11.8. The molecule has 0 N–H and O–H groups in total. The summed E-state index contributed by atoms with van der Waals surface area (Å²) < 4.78 is 1.81. The van der Waals surface area contributed by atoms with Gasteiger partial charge in [0, 0.05) is 28.9 Å². The highest BCUT2D eigenvalue weighted by Crippen LogP contribution is 2.11. The molecule has 1 heterocycles. The van der Waals surface area contributed by atoms with Gasteiger partial charge in [0.2, 0.25) is 0 Å². The van der Waals surface area contributed by atoms with Crippen molar-refractivity contribution in [1.29, 1.82) is 0 Å². The van der Waals surface area contributed by atoms with Crippen molar-refractivity contribution in [3.8, 4) is 0 Å². The molecule has 0 amide bonds. The largest absolute Gasteiger partial charge is 0.289 e. The zero-order valence-corrected chi connectivity index (χ0v) is 10.8. The number of aromatic nitrogens is 2. The minimum Gasteiger partial charge on any atom is -0.289 e. The molecule has 0 aliphatic rings. The topological polar surface area (TPSA) is 34.9 Å². The van der Waals surface area contributed by atoms with Crippen LogP contribution < -0.4 is 0 Å². The van der Waals surface area contributed by atoms with E-state index in [4.69, 9.17) is 11.6 Å². The summed E-state index contributed by atoms with van der Waals surface area (Å²) >= 11 is 5.77. The van der Waals surface area contributed by atoms with Crippen molar-refractivity contribution in [2.24, 2.45) is 0 Å². The number of halogens is 1. The zero-order valence-electron chi connectivity index (χ0n) is 10.0. The van der Waals surface area contributed by atoms with Crippen LogP contribution >= 0.6 is 11.6 Å². The van der Waals surface area contributed by atoms with Gasteiger partial charge in [-0.2, -0.15) is 5.10 Å². The summed E-state index contributed by atoms with van der Waals surface area (Å²) in [7, 11) is 0. The van der Waals surface area contributed by atoms with Gasteiger partial charge >= 0.3 is 0 Å². The molecule has 4 heteroatoms. The van der Waals surface area contributed by atoms with Crippen LogP contribution in [0.15, 0.2) is 42.7 Å². The lowest BCUT2D eigenvalue weighted by Crippen LogP contribution is -1.93. The zero-order chi connectivity index (χ0) is 13.0. The summed E-state index contributed by atoms with van der Waals surface area (Å²) in [6.07, 6.45) is 6.93. The van der Waals surface area contributed by atoms with Crippen LogP contribution in [0.4, 0.5) is 0 Å². The number of carbonyl (C=O) groups is 1. The van der Waals surface area contributed by atoms with Crippen LogP contribution in [0.25, 0.3) is 6.08 Å². The second-order valence-electron chi connectivity index (χ2n) is 3.83. The van der Waals surface area contributed by atoms with Crippen molar-refractivity contribution in [3.63, 3.8) is 0 Å².